The smallest absolute Gasteiger partial charge is 0.270 e. The third kappa shape index (κ3) is 3.75. The van der Waals surface area contributed by atoms with Gasteiger partial charge < -0.3 is 10.2 Å². The lowest BCUT2D eigenvalue weighted by atomic mass is 10.2. The van der Waals surface area contributed by atoms with E-state index in [0.29, 0.717) is 11.7 Å². The summed E-state index contributed by atoms with van der Waals surface area (Å²) in [4.78, 5) is 12.4. The maximum Gasteiger partial charge on any atom is 0.270 e. The van der Waals surface area contributed by atoms with Crippen molar-refractivity contribution in [3.8, 4) is 0 Å². The van der Waals surface area contributed by atoms with Gasteiger partial charge in [0, 0.05) is 30.5 Å². The molecule has 1 saturated carbocycles. The zero-order chi connectivity index (χ0) is 16.5. The van der Waals surface area contributed by atoms with Crippen molar-refractivity contribution in [1.82, 2.24) is 4.90 Å². The van der Waals surface area contributed by atoms with Crippen LogP contribution in [0.25, 0.3) is 0 Å². The average molecular weight is 327 g/mol. The Morgan fingerprint density at radius 1 is 1.32 bits per heavy atom. The monoisotopic (exact) mass is 327 g/mol. The van der Waals surface area contributed by atoms with Gasteiger partial charge in [0.25, 0.3) is 5.69 Å². The number of hydrogen-bond acceptors (Lipinski definition) is 6. The lowest BCUT2D eigenvalue weighted by Crippen LogP contribution is -2.27. The summed E-state index contributed by atoms with van der Waals surface area (Å²) in [6, 6.07) is 4.58. The Kier molecular flexibility index (Phi) is 4.72. The van der Waals surface area contributed by atoms with Gasteiger partial charge in [-0.25, -0.2) is 8.42 Å². The van der Waals surface area contributed by atoms with Gasteiger partial charge in [-0.05, 0) is 39.4 Å². The summed E-state index contributed by atoms with van der Waals surface area (Å²) in [5, 5.41) is 14.1. The van der Waals surface area contributed by atoms with Crippen molar-refractivity contribution < 1.29 is 13.3 Å². The zero-order valence-electron chi connectivity index (χ0n) is 12.9. The molecule has 0 heterocycles. The molecule has 0 aromatic heterocycles. The quantitative estimate of drug-likeness (QED) is 0.656. The van der Waals surface area contributed by atoms with E-state index in [1.165, 1.54) is 12.1 Å². The molecular weight excluding hydrogens is 306 g/mol. The molecule has 0 spiro atoms. The van der Waals surface area contributed by atoms with Crippen LogP contribution in [-0.2, 0) is 9.84 Å². The first-order valence-electron chi connectivity index (χ1n) is 7.10. The second-order valence-corrected chi connectivity index (χ2v) is 7.97. The first kappa shape index (κ1) is 16.7. The molecule has 1 aromatic carbocycles. The number of hydrogen-bond donors (Lipinski definition) is 1. The van der Waals surface area contributed by atoms with Gasteiger partial charge in [0.15, 0.2) is 9.84 Å². The Morgan fingerprint density at radius 3 is 2.50 bits per heavy atom. The van der Waals surface area contributed by atoms with E-state index in [4.69, 9.17) is 0 Å². The number of sulfone groups is 1. The molecule has 22 heavy (non-hydrogen) atoms. The highest BCUT2D eigenvalue weighted by molar-refractivity contribution is 7.90. The summed E-state index contributed by atoms with van der Waals surface area (Å²) in [5.74, 6) is 0. The van der Waals surface area contributed by atoms with Crippen molar-refractivity contribution in [3.05, 3.63) is 28.3 Å². The lowest BCUT2D eigenvalue weighted by Gasteiger charge is -2.20. The van der Waals surface area contributed by atoms with Crippen molar-refractivity contribution in [2.75, 3.05) is 25.7 Å². The molecule has 2 atom stereocenters. The first-order chi connectivity index (χ1) is 10.2. The molecule has 0 saturated heterocycles. The van der Waals surface area contributed by atoms with Gasteiger partial charge in [-0.3, -0.25) is 10.1 Å². The first-order valence-corrected chi connectivity index (χ1v) is 8.99. The number of nitrogens with one attached hydrogen (secondary N) is 1. The number of nitro benzene ring substituents is 1. The van der Waals surface area contributed by atoms with Crippen molar-refractivity contribution >= 4 is 21.2 Å². The predicted molar refractivity (Wildman–Crippen MR) is 84.9 cm³/mol. The van der Waals surface area contributed by atoms with Crippen LogP contribution in [0, 0.1) is 10.1 Å². The lowest BCUT2D eigenvalue weighted by molar-refractivity contribution is -0.385. The third-order valence-corrected chi connectivity index (χ3v) is 5.21. The molecule has 1 aliphatic rings. The second kappa shape index (κ2) is 6.21. The van der Waals surface area contributed by atoms with Crippen molar-refractivity contribution in [1.29, 1.82) is 0 Å². The largest absolute Gasteiger partial charge is 0.381 e. The van der Waals surface area contributed by atoms with E-state index in [1.54, 1.807) is 0 Å². The minimum atomic E-state index is -3.54. The number of anilines is 1. The molecule has 1 fully saturated rings. The zero-order valence-corrected chi connectivity index (χ0v) is 13.8. The van der Waals surface area contributed by atoms with Gasteiger partial charge in [0.2, 0.25) is 0 Å². The fourth-order valence-electron chi connectivity index (χ4n) is 2.83. The SMILES string of the molecule is CN(C)[C@H]1CC[C@H](Nc2ccc([N+](=O)[O-])cc2S(C)(=O)=O)C1. The van der Waals surface area contributed by atoms with Crippen LogP contribution < -0.4 is 5.32 Å². The van der Waals surface area contributed by atoms with E-state index in [0.717, 1.165) is 31.6 Å². The van der Waals surface area contributed by atoms with E-state index in [-0.39, 0.29) is 16.6 Å². The summed E-state index contributed by atoms with van der Waals surface area (Å²) >= 11 is 0. The van der Waals surface area contributed by atoms with E-state index < -0.39 is 14.8 Å². The Balaban J connectivity index is 2.26. The fourth-order valence-corrected chi connectivity index (χ4v) is 3.69. The molecule has 7 nitrogen and oxygen atoms in total. The molecule has 1 aromatic rings. The summed E-state index contributed by atoms with van der Waals surface area (Å²) in [5.41, 5.74) is 0.223. The topological polar surface area (TPSA) is 92.5 Å². The molecule has 1 aliphatic carbocycles. The Hall–Kier alpha value is -1.67. The summed E-state index contributed by atoms with van der Waals surface area (Å²) in [7, 11) is 0.519. The van der Waals surface area contributed by atoms with Crippen LogP contribution in [0.2, 0.25) is 0 Å². The van der Waals surface area contributed by atoms with E-state index >= 15 is 0 Å². The van der Waals surface area contributed by atoms with Gasteiger partial charge in [0.05, 0.1) is 15.5 Å². The maximum absolute atomic E-state index is 11.9. The number of nitrogens with zero attached hydrogens (tertiary/aromatic N) is 2. The minimum absolute atomic E-state index is 0.0185. The van der Waals surface area contributed by atoms with Gasteiger partial charge >= 0.3 is 0 Å². The van der Waals surface area contributed by atoms with E-state index in [1.807, 2.05) is 14.1 Å². The molecule has 0 bridgehead atoms. The average Bonchev–Trinajstić information content (AvgIpc) is 2.86. The molecule has 122 valence electrons. The number of rotatable bonds is 5. The molecule has 8 heteroatoms. The summed E-state index contributed by atoms with van der Waals surface area (Å²) in [6.45, 7) is 0. The second-order valence-electron chi connectivity index (χ2n) is 5.98. The standard InChI is InChI=1S/C14H21N3O4S/c1-16(2)11-5-4-10(8-11)15-13-7-6-12(17(18)19)9-14(13)22(3,20)21/h6-7,9-11,15H,4-5,8H2,1-3H3/t10-,11-/m0/s1. The Bertz CT molecular complexity index is 673. The predicted octanol–water partition coefficient (Wildman–Crippen LogP) is 1.89. The van der Waals surface area contributed by atoms with E-state index in [9.17, 15) is 18.5 Å². The Morgan fingerprint density at radius 2 is 2.00 bits per heavy atom. The number of benzene rings is 1. The molecule has 1 N–H and O–H groups in total. The highest BCUT2D eigenvalue weighted by atomic mass is 32.2. The normalized spacial score (nSPS) is 22.0. The molecule has 0 unspecified atom stereocenters. The minimum Gasteiger partial charge on any atom is -0.381 e. The molecule has 0 radical (unpaired) electrons. The summed E-state index contributed by atoms with van der Waals surface area (Å²) in [6.07, 6.45) is 3.98. The molecule has 2 rings (SSSR count). The van der Waals surface area contributed by atoms with Gasteiger partial charge in [0.1, 0.15) is 0 Å². The van der Waals surface area contributed by atoms with Crippen LogP contribution in [-0.4, -0.2) is 50.7 Å². The maximum atomic E-state index is 11.9. The Labute approximate surface area is 130 Å². The number of non-ortho nitro benzene ring substituents is 1. The molecule has 0 aliphatic heterocycles. The van der Waals surface area contributed by atoms with Crippen molar-refractivity contribution in [2.24, 2.45) is 0 Å². The van der Waals surface area contributed by atoms with Crippen LogP contribution in [0.5, 0.6) is 0 Å². The summed E-state index contributed by atoms with van der Waals surface area (Å²) < 4.78 is 23.8. The van der Waals surface area contributed by atoms with Crippen LogP contribution in [0.15, 0.2) is 23.1 Å². The highest BCUT2D eigenvalue weighted by Crippen LogP contribution is 2.31. The van der Waals surface area contributed by atoms with Gasteiger partial charge in [-0.2, -0.15) is 0 Å². The van der Waals surface area contributed by atoms with Crippen molar-refractivity contribution in [3.63, 3.8) is 0 Å². The fraction of sp³-hybridized carbons (Fsp3) is 0.571. The third-order valence-electron chi connectivity index (χ3n) is 4.07. The molecular formula is C14H21N3O4S. The highest BCUT2D eigenvalue weighted by Gasteiger charge is 2.27. The van der Waals surface area contributed by atoms with E-state index in [2.05, 4.69) is 10.2 Å². The van der Waals surface area contributed by atoms with Crippen LogP contribution >= 0.6 is 0 Å². The van der Waals surface area contributed by atoms with Crippen LogP contribution in [0.1, 0.15) is 19.3 Å². The number of nitro groups is 1. The van der Waals surface area contributed by atoms with Crippen LogP contribution in [0.4, 0.5) is 11.4 Å². The van der Waals surface area contributed by atoms with Gasteiger partial charge in [-0.15, -0.1) is 0 Å². The van der Waals surface area contributed by atoms with Crippen LogP contribution in [0.3, 0.4) is 0 Å². The molecule has 0 amide bonds. The van der Waals surface area contributed by atoms with Gasteiger partial charge in [-0.1, -0.05) is 0 Å². The van der Waals surface area contributed by atoms with Crippen molar-refractivity contribution in [2.45, 2.75) is 36.2 Å².